The molecule has 1 saturated heterocycles. The average Bonchev–Trinajstić information content (AvgIpc) is 2.01. The minimum absolute atomic E-state index is 0.302. The fourth-order valence-corrected chi connectivity index (χ4v) is 2.03. The Labute approximate surface area is 84.0 Å². The zero-order chi connectivity index (χ0) is 11.0. The summed E-state index contributed by atoms with van der Waals surface area (Å²) in [5, 5.41) is 8.92. The van der Waals surface area contributed by atoms with Crippen LogP contribution in [0.1, 0.15) is 33.6 Å². The molecule has 1 rings (SSSR count). The summed E-state index contributed by atoms with van der Waals surface area (Å²) in [7, 11) is 0. The van der Waals surface area contributed by atoms with Gasteiger partial charge in [-0.1, -0.05) is 0 Å². The molecule has 0 spiro atoms. The highest BCUT2D eigenvalue weighted by atomic mass is 16.5. The van der Waals surface area contributed by atoms with E-state index in [2.05, 4.69) is 6.07 Å². The molecule has 0 aromatic heterocycles. The molecule has 1 amide bonds. The van der Waals surface area contributed by atoms with Crippen molar-refractivity contribution in [3.05, 3.63) is 0 Å². The van der Waals surface area contributed by atoms with Gasteiger partial charge >= 0.3 is 0 Å². The Kier molecular flexibility index (Phi) is 2.55. The van der Waals surface area contributed by atoms with Crippen LogP contribution >= 0.6 is 0 Å². The van der Waals surface area contributed by atoms with Gasteiger partial charge in [-0.2, -0.15) is 5.26 Å². The number of hydrogen-bond acceptors (Lipinski definition) is 3. The molecular weight excluding hydrogens is 180 g/mol. The fraction of sp³-hybridized carbons (Fsp3) is 0.800. The van der Waals surface area contributed by atoms with Crippen molar-refractivity contribution in [2.24, 2.45) is 11.7 Å². The predicted octanol–water partition coefficient (Wildman–Crippen LogP) is 0.959. The lowest BCUT2D eigenvalue weighted by atomic mass is 9.79. The fourth-order valence-electron chi connectivity index (χ4n) is 2.03. The van der Waals surface area contributed by atoms with E-state index in [0.29, 0.717) is 12.8 Å². The van der Waals surface area contributed by atoms with Crippen LogP contribution in [-0.4, -0.2) is 17.1 Å². The van der Waals surface area contributed by atoms with Gasteiger partial charge in [0.1, 0.15) is 0 Å². The molecule has 0 radical (unpaired) electrons. The maximum atomic E-state index is 11.1. The van der Waals surface area contributed by atoms with Crippen molar-refractivity contribution in [2.45, 2.75) is 44.8 Å². The third kappa shape index (κ3) is 1.88. The number of nitrogens with zero attached hydrogens (tertiary/aromatic N) is 1. The monoisotopic (exact) mass is 196 g/mol. The molecule has 0 aliphatic carbocycles. The number of rotatable bonds is 1. The van der Waals surface area contributed by atoms with Crippen LogP contribution in [0.25, 0.3) is 0 Å². The van der Waals surface area contributed by atoms with Gasteiger partial charge in [-0.3, -0.25) is 4.79 Å². The number of amides is 1. The number of nitriles is 1. The molecule has 2 N–H and O–H groups in total. The van der Waals surface area contributed by atoms with Gasteiger partial charge in [-0.15, -0.1) is 0 Å². The molecule has 2 atom stereocenters. The van der Waals surface area contributed by atoms with E-state index < -0.39 is 11.2 Å². The number of carbonyl (C=O) groups excluding carboxylic acids is 1. The van der Waals surface area contributed by atoms with E-state index in [1.54, 1.807) is 20.8 Å². The molecule has 0 saturated carbocycles. The first-order chi connectivity index (χ1) is 6.31. The number of primary amides is 1. The summed E-state index contributed by atoms with van der Waals surface area (Å²) in [6.07, 6.45) is 1.17. The second-order valence-electron chi connectivity index (χ2n) is 4.54. The van der Waals surface area contributed by atoms with Crippen LogP contribution < -0.4 is 5.73 Å². The SMILES string of the molecule is CC1(C#N)CCC(C(N)=O)C(C)(C)O1. The molecule has 0 bridgehead atoms. The van der Waals surface area contributed by atoms with Crippen molar-refractivity contribution in [3.63, 3.8) is 0 Å². The summed E-state index contributed by atoms with van der Waals surface area (Å²) in [6.45, 7) is 5.35. The highest BCUT2D eigenvalue weighted by Gasteiger charge is 2.46. The molecule has 78 valence electrons. The average molecular weight is 196 g/mol. The molecular formula is C10H16N2O2. The van der Waals surface area contributed by atoms with E-state index in [0.717, 1.165) is 0 Å². The molecule has 14 heavy (non-hydrogen) atoms. The summed E-state index contributed by atoms with van der Waals surface area (Å²) in [5.74, 6) is -0.654. The Hall–Kier alpha value is -1.08. The summed E-state index contributed by atoms with van der Waals surface area (Å²) >= 11 is 0. The quantitative estimate of drug-likeness (QED) is 0.678. The maximum absolute atomic E-state index is 11.1. The van der Waals surface area contributed by atoms with Gasteiger partial charge < -0.3 is 10.5 Å². The zero-order valence-corrected chi connectivity index (χ0v) is 8.83. The van der Waals surface area contributed by atoms with Gasteiger partial charge in [0.15, 0.2) is 5.60 Å². The Morgan fingerprint density at radius 3 is 2.50 bits per heavy atom. The minimum atomic E-state index is -0.782. The van der Waals surface area contributed by atoms with Crippen LogP contribution in [0.15, 0.2) is 0 Å². The number of ether oxygens (including phenoxy) is 1. The van der Waals surface area contributed by atoms with E-state index in [9.17, 15) is 4.79 Å². The van der Waals surface area contributed by atoms with E-state index in [1.165, 1.54) is 0 Å². The first-order valence-electron chi connectivity index (χ1n) is 4.71. The maximum Gasteiger partial charge on any atom is 0.223 e. The minimum Gasteiger partial charge on any atom is -0.369 e. The van der Waals surface area contributed by atoms with Gasteiger partial charge in [0, 0.05) is 0 Å². The van der Waals surface area contributed by atoms with Gasteiger partial charge in [0.2, 0.25) is 5.91 Å². The van der Waals surface area contributed by atoms with Crippen LogP contribution in [-0.2, 0) is 9.53 Å². The Bertz CT molecular complexity index is 293. The van der Waals surface area contributed by atoms with E-state index in [-0.39, 0.29) is 11.8 Å². The first kappa shape index (κ1) is 11.0. The van der Waals surface area contributed by atoms with Crippen molar-refractivity contribution >= 4 is 5.91 Å². The van der Waals surface area contributed by atoms with Crippen molar-refractivity contribution in [3.8, 4) is 6.07 Å². The van der Waals surface area contributed by atoms with Gasteiger partial charge in [0.05, 0.1) is 17.6 Å². The van der Waals surface area contributed by atoms with Gasteiger partial charge in [-0.25, -0.2) is 0 Å². The van der Waals surface area contributed by atoms with Crippen molar-refractivity contribution in [1.82, 2.24) is 0 Å². The summed E-state index contributed by atoms with van der Waals surface area (Å²) in [6, 6.07) is 2.12. The standard InChI is InChI=1S/C10H16N2O2/c1-9(2)7(8(12)13)4-5-10(3,6-11)14-9/h7H,4-5H2,1-3H3,(H2,12,13). The molecule has 2 unspecified atom stereocenters. The number of carbonyl (C=O) groups is 1. The largest absolute Gasteiger partial charge is 0.369 e. The molecule has 4 heteroatoms. The van der Waals surface area contributed by atoms with E-state index in [4.69, 9.17) is 15.7 Å². The van der Waals surface area contributed by atoms with E-state index in [1.807, 2.05) is 0 Å². The molecule has 0 aromatic carbocycles. The second kappa shape index (κ2) is 3.25. The predicted molar refractivity (Wildman–Crippen MR) is 51.1 cm³/mol. The molecule has 1 aliphatic heterocycles. The van der Waals surface area contributed by atoms with Crippen molar-refractivity contribution in [2.75, 3.05) is 0 Å². The highest BCUT2D eigenvalue weighted by molar-refractivity contribution is 5.78. The third-order valence-electron chi connectivity index (χ3n) is 2.82. The Morgan fingerprint density at radius 2 is 2.14 bits per heavy atom. The van der Waals surface area contributed by atoms with Crippen molar-refractivity contribution in [1.29, 1.82) is 5.26 Å². The summed E-state index contributed by atoms with van der Waals surface area (Å²) in [4.78, 5) is 11.1. The molecule has 1 aliphatic rings. The topological polar surface area (TPSA) is 76.1 Å². The van der Waals surface area contributed by atoms with Crippen LogP contribution in [0.4, 0.5) is 0 Å². The lowest BCUT2D eigenvalue weighted by Crippen LogP contribution is -2.52. The number of hydrogen-bond donors (Lipinski definition) is 1. The summed E-state index contributed by atoms with van der Waals surface area (Å²) in [5.41, 5.74) is 3.84. The highest BCUT2D eigenvalue weighted by Crippen LogP contribution is 2.38. The molecule has 1 heterocycles. The Morgan fingerprint density at radius 1 is 1.57 bits per heavy atom. The van der Waals surface area contributed by atoms with Crippen LogP contribution in [0.3, 0.4) is 0 Å². The zero-order valence-electron chi connectivity index (χ0n) is 8.83. The molecule has 4 nitrogen and oxygen atoms in total. The normalized spacial score (nSPS) is 36.0. The second-order valence-corrected chi connectivity index (χ2v) is 4.54. The van der Waals surface area contributed by atoms with Gasteiger partial charge in [0.25, 0.3) is 0 Å². The Balaban J connectivity index is 2.87. The number of nitrogens with two attached hydrogens (primary N) is 1. The lowest BCUT2D eigenvalue weighted by molar-refractivity contribution is -0.175. The van der Waals surface area contributed by atoms with Crippen LogP contribution in [0.2, 0.25) is 0 Å². The summed E-state index contributed by atoms with van der Waals surface area (Å²) < 4.78 is 5.62. The molecule has 1 fully saturated rings. The molecule has 0 aromatic rings. The van der Waals surface area contributed by atoms with Gasteiger partial charge in [-0.05, 0) is 33.6 Å². The van der Waals surface area contributed by atoms with Crippen LogP contribution in [0.5, 0.6) is 0 Å². The van der Waals surface area contributed by atoms with Crippen molar-refractivity contribution < 1.29 is 9.53 Å². The van der Waals surface area contributed by atoms with Crippen LogP contribution in [0, 0.1) is 17.2 Å². The smallest absolute Gasteiger partial charge is 0.223 e. The third-order valence-corrected chi connectivity index (χ3v) is 2.82. The first-order valence-corrected chi connectivity index (χ1v) is 4.71. The van der Waals surface area contributed by atoms with E-state index >= 15 is 0 Å². The lowest BCUT2D eigenvalue weighted by Gasteiger charge is -2.43.